The number of nitrogens with zero attached hydrogens (tertiary/aromatic N) is 4. The van der Waals surface area contributed by atoms with Crippen LogP contribution < -0.4 is 15.0 Å². The first kappa shape index (κ1) is 21.0. The Bertz CT molecular complexity index is 1070. The van der Waals surface area contributed by atoms with E-state index in [2.05, 4.69) is 58.1 Å². The number of H-pyrrole nitrogens is 1. The van der Waals surface area contributed by atoms with Crippen LogP contribution in [0.4, 0.5) is 22.0 Å². The molecule has 2 aromatic heterocycles. The molecule has 0 aliphatic carbocycles. The number of ether oxygens (including phenoxy) is 2. The van der Waals surface area contributed by atoms with Gasteiger partial charge in [-0.3, -0.25) is 5.10 Å². The third-order valence-corrected chi connectivity index (χ3v) is 4.92. The molecule has 0 saturated carbocycles. The molecule has 164 valence electrons. The second-order valence-electron chi connectivity index (χ2n) is 8.86. The van der Waals surface area contributed by atoms with Gasteiger partial charge in [-0.15, -0.1) is 0 Å². The number of benzene rings is 1. The van der Waals surface area contributed by atoms with Crippen molar-refractivity contribution < 1.29 is 13.9 Å². The average molecular weight is 426 g/mol. The smallest absolute Gasteiger partial charge is 0.227 e. The van der Waals surface area contributed by atoms with Crippen LogP contribution >= 0.6 is 0 Å². The summed E-state index contributed by atoms with van der Waals surface area (Å²) in [5.74, 6) is 1.58. The maximum absolute atomic E-state index is 14.0. The van der Waals surface area contributed by atoms with Gasteiger partial charge >= 0.3 is 0 Å². The molecule has 4 rings (SSSR count). The average Bonchev–Trinajstić information content (AvgIpc) is 3.14. The van der Waals surface area contributed by atoms with Gasteiger partial charge in [-0.1, -0.05) is 0 Å². The lowest BCUT2D eigenvalue weighted by atomic mass is 9.99. The summed E-state index contributed by atoms with van der Waals surface area (Å²) < 4.78 is 25.1. The van der Waals surface area contributed by atoms with Gasteiger partial charge in [-0.05, 0) is 52.0 Å². The number of aromatic amines is 1. The van der Waals surface area contributed by atoms with E-state index in [1.54, 1.807) is 30.5 Å². The van der Waals surface area contributed by atoms with Crippen molar-refractivity contribution >= 4 is 17.6 Å². The Morgan fingerprint density at radius 1 is 1.10 bits per heavy atom. The van der Waals surface area contributed by atoms with Crippen LogP contribution in [0.15, 0.2) is 36.5 Å². The van der Waals surface area contributed by atoms with Crippen molar-refractivity contribution in [1.29, 1.82) is 0 Å². The monoisotopic (exact) mass is 426 g/mol. The fraction of sp³-hybridized carbons (Fsp3) is 0.409. The summed E-state index contributed by atoms with van der Waals surface area (Å²) in [7, 11) is 1.44. The van der Waals surface area contributed by atoms with Crippen LogP contribution in [-0.4, -0.2) is 51.6 Å². The molecule has 0 atom stereocenters. The Kier molecular flexibility index (Phi) is 5.30. The van der Waals surface area contributed by atoms with Crippen LogP contribution in [0, 0.1) is 5.82 Å². The molecule has 0 radical (unpaired) electrons. The highest BCUT2D eigenvalue weighted by Gasteiger charge is 2.39. The van der Waals surface area contributed by atoms with Crippen molar-refractivity contribution in [2.24, 2.45) is 0 Å². The molecule has 3 aromatic rings. The van der Waals surface area contributed by atoms with E-state index in [9.17, 15) is 4.39 Å². The van der Waals surface area contributed by atoms with Gasteiger partial charge in [0, 0.05) is 30.9 Å². The maximum atomic E-state index is 14.0. The summed E-state index contributed by atoms with van der Waals surface area (Å²) in [6.07, 6.45) is 1.71. The second kappa shape index (κ2) is 7.81. The number of halogens is 1. The Hall–Kier alpha value is -3.20. The number of methoxy groups -OCH3 is 1. The molecule has 3 heterocycles. The highest BCUT2D eigenvalue weighted by Crippen LogP contribution is 2.31. The minimum atomic E-state index is -0.430. The van der Waals surface area contributed by atoms with E-state index in [0.29, 0.717) is 41.9 Å². The van der Waals surface area contributed by atoms with Crippen LogP contribution in [0.2, 0.25) is 0 Å². The Labute approximate surface area is 180 Å². The second-order valence-corrected chi connectivity index (χ2v) is 8.86. The standard InChI is InChI=1S/C22H27FN6O2/c1-21(2)12-29(13-22(3,4)31-21)20-24-9-8-18(26-20)25-19-11-16(27-28-19)14-6-7-17(30-5)15(23)10-14/h6-11H,12-13H2,1-5H3,(H2,24,25,26,27,28). The molecule has 31 heavy (non-hydrogen) atoms. The summed E-state index contributed by atoms with van der Waals surface area (Å²) in [6.45, 7) is 9.64. The highest BCUT2D eigenvalue weighted by atomic mass is 19.1. The normalized spacial score (nSPS) is 17.4. The van der Waals surface area contributed by atoms with Gasteiger partial charge in [0.1, 0.15) is 5.82 Å². The van der Waals surface area contributed by atoms with Gasteiger partial charge in [-0.2, -0.15) is 10.1 Å². The first-order valence-electron chi connectivity index (χ1n) is 10.1. The zero-order valence-corrected chi connectivity index (χ0v) is 18.4. The molecule has 1 aliphatic rings. The van der Waals surface area contributed by atoms with Crippen molar-refractivity contribution in [1.82, 2.24) is 20.2 Å². The summed E-state index contributed by atoms with van der Waals surface area (Å²) in [5.41, 5.74) is 0.730. The summed E-state index contributed by atoms with van der Waals surface area (Å²) in [6, 6.07) is 8.33. The zero-order chi connectivity index (χ0) is 22.2. The third-order valence-electron chi connectivity index (χ3n) is 4.92. The number of morpholine rings is 1. The molecule has 1 fully saturated rings. The Morgan fingerprint density at radius 3 is 2.52 bits per heavy atom. The van der Waals surface area contributed by atoms with E-state index in [1.165, 1.54) is 13.2 Å². The van der Waals surface area contributed by atoms with Gasteiger partial charge in [0.05, 0.1) is 24.0 Å². The van der Waals surface area contributed by atoms with Crippen LogP contribution in [0.1, 0.15) is 27.7 Å². The summed E-state index contributed by atoms with van der Waals surface area (Å²) in [5, 5.41) is 10.4. The van der Waals surface area contributed by atoms with Crippen molar-refractivity contribution in [2.75, 3.05) is 30.4 Å². The predicted molar refractivity (Wildman–Crippen MR) is 117 cm³/mol. The molecule has 0 amide bonds. The molecular formula is C22H27FN6O2. The van der Waals surface area contributed by atoms with Crippen molar-refractivity contribution in [3.63, 3.8) is 0 Å². The Balaban J connectivity index is 1.52. The lowest BCUT2D eigenvalue weighted by molar-refractivity contribution is -0.133. The quantitative estimate of drug-likeness (QED) is 0.634. The first-order valence-corrected chi connectivity index (χ1v) is 10.1. The van der Waals surface area contributed by atoms with E-state index >= 15 is 0 Å². The lowest BCUT2D eigenvalue weighted by Gasteiger charge is -2.47. The van der Waals surface area contributed by atoms with E-state index in [0.717, 1.165) is 0 Å². The fourth-order valence-electron chi connectivity index (χ4n) is 4.00. The molecule has 1 aliphatic heterocycles. The van der Waals surface area contributed by atoms with Gasteiger partial charge < -0.3 is 19.7 Å². The summed E-state index contributed by atoms with van der Waals surface area (Å²) >= 11 is 0. The van der Waals surface area contributed by atoms with Gasteiger partial charge in [-0.25, -0.2) is 9.37 Å². The molecule has 1 saturated heterocycles. The van der Waals surface area contributed by atoms with Crippen LogP contribution in [0.5, 0.6) is 5.75 Å². The fourth-order valence-corrected chi connectivity index (χ4v) is 4.00. The van der Waals surface area contributed by atoms with E-state index < -0.39 is 5.82 Å². The number of anilines is 3. The minimum Gasteiger partial charge on any atom is -0.494 e. The number of hydrogen-bond donors (Lipinski definition) is 2. The van der Waals surface area contributed by atoms with Crippen LogP contribution in [0.25, 0.3) is 11.3 Å². The van der Waals surface area contributed by atoms with Gasteiger partial charge in [0.25, 0.3) is 0 Å². The van der Waals surface area contributed by atoms with Crippen molar-refractivity contribution in [3.05, 3.63) is 42.3 Å². The minimum absolute atomic E-state index is 0.199. The molecule has 8 nitrogen and oxygen atoms in total. The molecular weight excluding hydrogens is 399 g/mol. The first-order chi connectivity index (χ1) is 14.6. The van der Waals surface area contributed by atoms with E-state index in [4.69, 9.17) is 9.47 Å². The molecule has 0 spiro atoms. The van der Waals surface area contributed by atoms with Gasteiger partial charge in [0.2, 0.25) is 5.95 Å². The number of nitrogens with one attached hydrogen (secondary N) is 2. The lowest BCUT2D eigenvalue weighted by Crippen LogP contribution is -2.57. The maximum Gasteiger partial charge on any atom is 0.227 e. The van der Waals surface area contributed by atoms with Crippen molar-refractivity contribution in [2.45, 2.75) is 38.9 Å². The Morgan fingerprint density at radius 2 is 1.84 bits per heavy atom. The van der Waals surface area contributed by atoms with E-state index in [1.807, 2.05) is 0 Å². The number of aromatic nitrogens is 4. The van der Waals surface area contributed by atoms with Crippen LogP contribution in [-0.2, 0) is 4.74 Å². The SMILES string of the molecule is COc1ccc(-c2cc(Nc3ccnc(N4CC(C)(C)OC(C)(C)C4)n3)n[nH]2)cc1F. The third kappa shape index (κ3) is 4.77. The molecule has 2 N–H and O–H groups in total. The summed E-state index contributed by atoms with van der Waals surface area (Å²) in [4.78, 5) is 11.2. The largest absolute Gasteiger partial charge is 0.494 e. The number of rotatable bonds is 5. The molecule has 0 unspecified atom stereocenters. The topological polar surface area (TPSA) is 88.2 Å². The predicted octanol–water partition coefficient (Wildman–Crippen LogP) is 4.15. The molecule has 1 aromatic carbocycles. The molecule has 0 bridgehead atoms. The number of hydrogen-bond acceptors (Lipinski definition) is 7. The zero-order valence-electron chi connectivity index (χ0n) is 18.4. The molecule has 9 heteroatoms. The van der Waals surface area contributed by atoms with Crippen molar-refractivity contribution in [3.8, 4) is 17.0 Å². The van der Waals surface area contributed by atoms with Gasteiger partial charge in [0.15, 0.2) is 17.4 Å². The van der Waals surface area contributed by atoms with E-state index in [-0.39, 0.29) is 17.0 Å². The van der Waals surface area contributed by atoms with Crippen LogP contribution in [0.3, 0.4) is 0 Å². The highest BCUT2D eigenvalue weighted by molar-refractivity contribution is 5.66.